The van der Waals surface area contributed by atoms with E-state index in [0.29, 0.717) is 19.5 Å². The number of fused-ring (bicyclic) bond motifs is 1. The molecule has 1 amide bonds. The largest absolute Gasteiger partial charge is 0.332 e. The Bertz CT molecular complexity index is 340. The minimum absolute atomic E-state index is 0.231. The smallest absolute Gasteiger partial charge is 0.223 e. The van der Waals surface area contributed by atoms with E-state index in [2.05, 4.69) is 16.9 Å². The molecule has 0 fully saturated rings. The predicted molar refractivity (Wildman–Crippen MR) is 55.8 cm³/mol. The van der Waals surface area contributed by atoms with Gasteiger partial charge in [-0.2, -0.15) is 0 Å². The summed E-state index contributed by atoms with van der Waals surface area (Å²) in [4.78, 5) is 21.7. The van der Waals surface area contributed by atoms with Gasteiger partial charge in [0, 0.05) is 24.7 Å². The van der Waals surface area contributed by atoms with Crippen LogP contribution >= 0.6 is 0 Å². The third kappa shape index (κ3) is 2.14. The maximum Gasteiger partial charge on any atom is 0.223 e. The summed E-state index contributed by atoms with van der Waals surface area (Å²) in [7, 11) is 0. The molecule has 0 saturated carbocycles. The van der Waals surface area contributed by atoms with Gasteiger partial charge in [0.15, 0.2) is 0 Å². The number of hydrogen-bond acceptors (Lipinski definition) is 3. The molecule has 1 aromatic heterocycles. The minimum atomic E-state index is 0.231. The van der Waals surface area contributed by atoms with Gasteiger partial charge < -0.3 is 4.90 Å². The van der Waals surface area contributed by atoms with Crippen LogP contribution in [0.2, 0.25) is 0 Å². The molecular formula is C11H15N3O. The molecule has 0 radical (unpaired) electrons. The van der Waals surface area contributed by atoms with Crippen molar-refractivity contribution >= 4 is 5.91 Å². The molecule has 0 bridgehead atoms. The molecule has 0 unspecified atom stereocenters. The highest BCUT2D eigenvalue weighted by atomic mass is 16.2. The first-order valence-electron chi connectivity index (χ1n) is 5.36. The maximum atomic E-state index is 11.8. The van der Waals surface area contributed by atoms with Crippen LogP contribution in [0, 0.1) is 0 Å². The first-order valence-corrected chi connectivity index (χ1v) is 5.36. The van der Waals surface area contributed by atoms with Gasteiger partial charge in [0.2, 0.25) is 5.91 Å². The summed E-state index contributed by atoms with van der Waals surface area (Å²) in [5.41, 5.74) is 2.08. The predicted octanol–water partition coefficient (Wildman–Crippen LogP) is 1.51. The van der Waals surface area contributed by atoms with Crippen LogP contribution in [0.1, 0.15) is 37.4 Å². The zero-order valence-electron chi connectivity index (χ0n) is 8.94. The van der Waals surface area contributed by atoms with Gasteiger partial charge in [-0.3, -0.25) is 4.79 Å². The molecule has 4 heteroatoms. The van der Waals surface area contributed by atoms with Crippen LogP contribution in [0.4, 0.5) is 0 Å². The second-order valence-corrected chi connectivity index (χ2v) is 3.85. The molecule has 15 heavy (non-hydrogen) atoms. The van der Waals surface area contributed by atoms with Crippen LogP contribution in [0.25, 0.3) is 0 Å². The monoisotopic (exact) mass is 205 g/mol. The molecule has 0 N–H and O–H groups in total. The maximum absolute atomic E-state index is 11.8. The van der Waals surface area contributed by atoms with Crippen molar-refractivity contribution in [2.45, 2.75) is 39.3 Å². The molecule has 1 aliphatic rings. The van der Waals surface area contributed by atoms with Crippen molar-refractivity contribution in [3.05, 3.63) is 23.8 Å². The highest BCUT2D eigenvalue weighted by molar-refractivity contribution is 5.76. The van der Waals surface area contributed by atoms with E-state index < -0.39 is 0 Å². The van der Waals surface area contributed by atoms with Crippen molar-refractivity contribution in [1.29, 1.82) is 0 Å². The fraction of sp³-hybridized carbons (Fsp3) is 0.545. The number of amides is 1. The average Bonchev–Trinajstić information content (AvgIpc) is 2.69. The summed E-state index contributed by atoms with van der Waals surface area (Å²) in [6, 6.07) is 0. The normalized spacial score (nSPS) is 14.1. The van der Waals surface area contributed by atoms with Crippen LogP contribution < -0.4 is 0 Å². The molecular weight excluding hydrogens is 190 g/mol. The van der Waals surface area contributed by atoms with Gasteiger partial charge >= 0.3 is 0 Å². The van der Waals surface area contributed by atoms with E-state index in [0.717, 1.165) is 24.1 Å². The summed E-state index contributed by atoms with van der Waals surface area (Å²) in [6.45, 7) is 3.43. The van der Waals surface area contributed by atoms with Gasteiger partial charge in [-0.25, -0.2) is 9.97 Å². The highest BCUT2D eigenvalue weighted by Gasteiger charge is 2.23. The summed E-state index contributed by atoms with van der Waals surface area (Å²) >= 11 is 0. The Labute approximate surface area is 89.3 Å². The number of nitrogens with zero attached hydrogens (tertiary/aromatic N) is 3. The lowest BCUT2D eigenvalue weighted by Gasteiger charge is -2.14. The van der Waals surface area contributed by atoms with Crippen LogP contribution in [-0.2, 0) is 17.9 Å². The van der Waals surface area contributed by atoms with Gasteiger partial charge in [-0.1, -0.05) is 13.3 Å². The molecule has 0 aromatic carbocycles. The van der Waals surface area contributed by atoms with Gasteiger partial charge in [0.1, 0.15) is 6.33 Å². The van der Waals surface area contributed by atoms with Gasteiger partial charge in [0.05, 0.1) is 12.2 Å². The van der Waals surface area contributed by atoms with E-state index in [1.165, 1.54) is 0 Å². The molecule has 1 aliphatic heterocycles. The standard InChI is InChI=1S/C11H15N3O/c1-2-3-4-11(15)14-6-9-5-12-8-13-10(9)7-14/h5,8H,2-4,6-7H2,1H3. The molecule has 2 rings (SSSR count). The Morgan fingerprint density at radius 1 is 1.53 bits per heavy atom. The fourth-order valence-corrected chi connectivity index (χ4v) is 1.76. The first kappa shape index (κ1) is 10.1. The SMILES string of the molecule is CCCCC(=O)N1Cc2cncnc2C1. The number of unbranched alkanes of at least 4 members (excludes halogenated alkanes) is 1. The second-order valence-electron chi connectivity index (χ2n) is 3.85. The third-order valence-corrected chi connectivity index (χ3v) is 2.68. The van der Waals surface area contributed by atoms with E-state index in [4.69, 9.17) is 0 Å². The van der Waals surface area contributed by atoms with Crippen LogP contribution in [0.3, 0.4) is 0 Å². The number of aromatic nitrogens is 2. The molecule has 0 atom stereocenters. The summed E-state index contributed by atoms with van der Waals surface area (Å²) in [6.07, 6.45) is 6.02. The molecule has 1 aromatic rings. The second kappa shape index (κ2) is 4.38. The molecule has 0 aliphatic carbocycles. The van der Waals surface area contributed by atoms with Crippen molar-refractivity contribution in [2.24, 2.45) is 0 Å². The third-order valence-electron chi connectivity index (χ3n) is 2.68. The Morgan fingerprint density at radius 2 is 2.40 bits per heavy atom. The molecule has 4 nitrogen and oxygen atoms in total. The van der Waals surface area contributed by atoms with Gasteiger partial charge in [-0.15, -0.1) is 0 Å². The quantitative estimate of drug-likeness (QED) is 0.751. The van der Waals surface area contributed by atoms with Crippen molar-refractivity contribution < 1.29 is 4.79 Å². The van der Waals surface area contributed by atoms with Crippen molar-refractivity contribution in [3.8, 4) is 0 Å². The van der Waals surface area contributed by atoms with Crippen molar-refractivity contribution in [2.75, 3.05) is 0 Å². The van der Waals surface area contributed by atoms with Gasteiger partial charge in [0.25, 0.3) is 0 Å². The van der Waals surface area contributed by atoms with E-state index >= 15 is 0 Å². The Morgan fingerprint density at radius 3 is 3.13 bits per heavy atom. The van der Waals surface area contributed by atoms with E-state index in [9.17, 15) is 4.79 Å². The van der Waals surface area contributed by atoms with Crippen molar-refractivity contribution in [3.63, 3.8) is 0 Å². The molecule has 0 saturated heterocycles. The van der Waals surface area contributed by atoms with Crippen LogP contribution in [0.5, 0.6) is 0 Å². The molecule has 0 spiro atoms. The Hall–Kier alpha value is -1.45. The van der Waals surface area contributed by atoms with E-state index in [1.54, 1.807) is 12.5 Å². The lowest BCUT2D eigenvalue weighted by Crippen LogP contribution is -2.24. The van der Waals surface area contributed by atoms with Crippen LogP contribution in [0.15, 0.2) is 12.5 Å². The number of carbonyl (C=O) groups excluding carboxylic acids is 1. The summed E-state index contributed by atoms with van der Waals surface area (Å²) in [5, 5.41) is 0. The van der Waals surface area contributed by atoms with Crippen molar-refractivity contribution in [1.82, 2.24) is 14.9 Å². The average molecular weight is 205 g/mol. The van der Waals surface area contributed by atoms with E-state index in [-0.39, 0.29) is 5.91 Å². The Balaban J connectivity index is 1.98. The molecule has 80 valence electrons. The van der Waals surface area contributed by atoms with Crippen LogP contribution in [-0.4, -0.2) is 20.8 Å². The lowest BCUT2D eigenvalue weighted by atomic mass is 10.2. The van der Waals surface area contributed by atoms with Gasteiger partial charge in [-0.05, 0) is 6.42 Å². The minimum Gasteiger partial charge on any atom is -0.332 e. The lowest BCUT2D eigenvalue weighted by molar-refractivity contribution is -0.131. The Kier molecular flexibility index (Phi) is 2.94. The summed E-state index contributed by atoms with van der Waals surface area (Å²) in [5.74, 6) is 0.231. The zero-order chi connectivity index (χ0) is 10.7. The number of carbonyl (C=O) groups is 1. The topological polar surface area (TPSA) is 46.1 Å². The number of hydrogen-bond donors (Lipinski definition) is 0. The molecule has 2 heterocycles. The fourth-order valence-electron chi connectivity index (χ4n) is 1.76. The zero-order valence-corrected chi connectivity index (χ0v) is 8.94. The number of rotatable bonds is 3. The van der Waals surface area contributed by atoms with E-state index in [1.807, 2.05) is 4.90 Å². The highest BCUT2D eigenvalue weighted by Crippen LogP contribution is 2.20. The summed E-state index contributed by atoms with van der Waals surface area (Å²) < 4.78 is 0. The first-order chi connectivity index (χ1) is 7.31.